The van der Waals surface area contributed by atoms with Gasteiger partial charge in [0, 0.05) is 5.41 Å². The van der Waals surface area contributed by atoms with Crippen LogP contribution in [0.15, 0.2) is 24.3 Å². The molecule has 3 amide bonds. The normalized spacial score (nSPS) is 21.5. The molecule has 1 atom stereocenters. The second kappa shape index (κ2) is 5.99. The minimum atomic E-state index is -0.862. The van der Waals surface area contributed by atoms with E-state index in [9.17, 15) is 9.59 Å². The first-order valence-corrected chi connectivity index (χ1v) is 7.61. The molecule has 1 aliphatic heterocycles. The van der Waals surface area contributed by atoms with E-state index < -0.39 is 17.0 Å². The maximum Gasteiger partial charge on any atom is 0.322 e. The van der Waals surface area contributed by atoms with Crippen molar-refractivity contribution in [3.8, 4) is 5.75 Å². The second-order valence-corrected chi connectivity index (χ2v) is 6.47. The van der Waals surface area contributed by atoms with Crippen LogP contribution in [0, 0.1) is 5.41 Å². The van der Waals surface area contributed by atoms with Gasteiger partial charge in [-0.2, -0.15) is 0 Å². The first-order chi connectivity index (χ1) is 10.3. The van der Waals surface area contributed by atoms with Gasteiger partial charge in [0.05, 0.1) is 7.11 Å². The molecule has 1 aromatic carbocycles. The lowest BCUT2D eigenvalue weighted by molar-refractivity contribution is -0.128. The fourth-order valence-electron chi connectivity index (χ4n) is 3.26. The summed E-state index contributed by atoms with van der Waals surface area (Å²) in [6, 6.07) is 7.40. The Hall–Kier alpha value is -2.04. The fourth-order valence-corrected chi connectivity index (χ4v) is 3.26. The SMILES string of the molecule is CCCC1(C(C)(C)Cc2ccc(OC)cc2)NC(=O)NC1=O. The maximum atomic E-state index is 12.4. The van der Waals surface area contributed by atoms with Gasteiger partial charge >= 0.3 is 6.03 Å². The largest absolute Gasteiger partial charge is 0.497 e. The lowest BCUT2D eigenvalue weighted by Gasteiger charge is -2.41. The number of carbonyl (C=O) groups excluding carboxylic acids is 2. The van der Waals surface area contributed by atoms with Crippen LogP contribution in [0.4, 0.5) is 4.79 Å². The second-order valence-electron chi connectivity index (χ2n) is 6.47. The zero-order valence-corrected chi connectivity index (χ0v) is 13.7. The fraction of sp³-hybridized carbons (Fsp3) is 0.529. The summed E-state index contributed by atoms with van der Waals surface area (Å²) in [6.45, 7) is 6.07. The molecule has 22 heavy (non-hydrogen) atoms. The Morgan fingerprint density at radius 1 is 1.18 bits per heavy atom. The van der Waals surface area contributed by atoms with Gasteiger partial charge in [0.15, 0.2) is 0 Å². The molecule has 0 aromatic heterocycles. The molecule has 0 radical (unpaired) electrons. The highest BCUT2D eigenvalue weighted by Crippen LogP contribution is 2.40. The van der Waals surface area contributed by atoms with Crippen LogP contribution in [0.25, 0.3) is 0 Å². The van der Waals surface area contributed by atoms with Gasteiger partial charge in [0.1, 0.15) is 11.3 Å². The lowest BCUT2D eigenvalue weighted by atomic mass is 9.66. The Morgan fingerprint density at radius 3 is 2.27 bits per heavy atom. The van der Waals surface area contributed by atoms with E-state index in [4.69, 9.17) is 4.74 Å². The molecule has 0 aliphatic carbocycles. The first-order valence-electron chi connectivity index (χ1n) is 7.61. The summed E-state index contributed by atoms with van der Waals surface area (Å²) in [7, 11) is 1.63. The van der Waals surface area contributed by atoms with E-state index in [0.717, 1.165) is 17.7 Å². The lowest BCUT2D eigenvalue weighted by Crippen LogP contribution is -2.58. The van der Waals surface area contributed by atoms with Gasteiger partial charge in [0.2, 0.25) is 0 Å². The number of methoxy groups -OCH3 is 1. The van der Waals surface area contributed by atoms with Crippen LogP contribution in [-0.2, 0) is 11.2 Å². The molecule has 1 unspecified atom stereocenters. The van der Waals surface area contributed by atoms with E-state index in [2.05, 4.69) is 10.6 Å². The van der Waals surface area contributed by atoms with Crippen molar-refractivity contribution in [1.82, 2.24) is 10.6 Å². The Morgan fingerprint density at radius 2 is 1.82 bits per heavy atom. The van der Waals surface area contributed by atoms with Gasteiger partial charge in [-0.25, -0.2) is 4.79 Å². The van der Waals surface area contributed by atoms with Crippen molar-refractivity contribution in [2.75, 3.05) is 7.11 Å². The topological polar surface area (TPSA) is 67.4 Å². The summed E-state index contributed by atoms with van der Waals surface area (Å²) >= 11 is 0. The van der Waals surface area contributed by atoms with Gasteiger partial charge in [-0.3, -0.25) is 10.1 Å². The highest BCUT2D eigenvalue weighted by atomic mass is 16.5. The van der Waals surface area contributed by atoms with Crippen molar-refractivity contribution in [2.45, 2.75) is 45.6 Å². The third kappa shape index (κ3) is 2.80. The third-order valence-electron chi connectivity index (χ3n) is 4.53. The van der Waals surface area contributed by atoms with Gasteiger partial charge in [-0.15, -0.1) is 0 Å². The molecule has 2 rings (SSSR count). The predicted molar refractivity (Wildman–Crippen MR) is 84.8 cm³/mol. The molecule has 5 heteroatoms. The van der Waals surface area contributed by atoms with Crippen molar-refractivity contribution in [1.29, 1.82) is 0 Å². The third-order valence-corrected chi connectivity index (χ3v) is 4.53. The van der Waals surface area contributed by atoms with Crippen LogP contribution < -0.4 is 15.4 Å². The van der Waals surface area contributed by atoms with E-state index in [0.29, 0.717) is 12.8 Å². The monoisotopic (exact) mass is 304 g/mol. The highest BCUT2D eigenvalue weighted by Gasteiger charge is 2.55. The van der Waals surface area contributed by atoms with Crippen molar-refractivity contribution in [3.05, 3.63) is 29.8 Å². The number of urea groups is 1. The van der Waals surface area contributed by atoms with Gasteiger partial charge < -0.3 is 10.1 Å². The Balaban J connectivity index is 2.28. The van der Waals surface area contributed by atoms with Crippen molar-refractivity contribution in [3.63, 3.8) is 0 Å². The molecule has 1 saturated heterocycles. The maximum absolute atomic E-state index is 12.4. The van der Waals surface area contributed by atoms with Crippen LogP contribution in [0.1, 0.15) is 39.2 Å². The molecule has 0 bridgehead atoms. The summed E-state index contributed by atoms with van der Waals surface area (Å²) in [5.41, 5.74) is -0.165. The number of nitrogens with one attached hydrogen (secondary N) is 2. The first kappa shape index (κ1) is 16.3. The average molecular weight is 304 g/mol. The molecule has 0 spiro atoms. The molecule has 2 N–H and O–H groups in total. The van der Waals surface area contributed by atoms with Gasteiger partial charge in [0.25, 0.3) is 5.91 Å². The summed E-state index contributed by atoms with van der Waals surface area (Å²) in [5.74, 6) is 0.578. The number of imide groups is 1. The summed E-state index contributed by atoms with van der Waals surface area (Å²) < 4.78 is 5.17. The number of hydrogen-bond acceptors (Lipinski definition) is 3. The number of ether oxygens (including phenoxy) is 1. The quantitative estimate of drug-likeness (QED) is 0.794. The number of amides is 3. The van der Waals surface area contributed by atoms with E-state index in [1.807, 2.05) is 45.0 Å². The average Bonchev–Trinajstić information content (AvgIpc) is 2.75. The molecule has 1 aliphatic rings. The predicted octanol–water partition coefficient (Wildman–Crippen LogP) is 2.64. The summed E-state index contributed by atoms with van der Waals surface area (Å²) in [4.78, 5) is 24.1. The number of benzene rings is 1. The minimum Gasteiger partial charge on any atom is -0.497 e. The number of carbonyl (C=O) groups is 2. The van der Waals surface area contributed by atoms with Crippen molar-refractivity contribution in [2.24, 2.45) is 5.41 Å². The molecular weight excluding hydrogens is 280 g/mol. The van der Waals surface area contributed by atoms with E-state index in [1.54, 1.807) is 7.11 Å². The summed E-state index contributed by atoms with van der Waals surface area (Å²) in [6.07, 6.45) is 2.12. The Bertz CT molecular complexity index is 566. The molecule has 1 aromatic rings. The van der Waals surface area contributed by atoms with Gasteiger partial charge in [-0.05, 0) is 30.5 Å². The highest BCUT2D eigenvalue weighted by molar-refractivity contribution is 6.07. The smallest absolute Gasteiger partial charge is 0.322 e. The standard InChI is InChI=1S/C17H24N2O3/c1-5-10-17(14(20)18-15(21)19-17)16(2,3)11-12-6-8-13(22-4)9-7-12/h6-9H,5,10-11H2,1-4H3,(H2,18,19,20,21). The summed E-state index contributed by atoms with van der Waals surface area (Å²) in [5, 5.41) is 5.27. The van der Waals surface area contributed by atoms with Crippen LogP contribution in [0.2, 0.25) is 0 Å². The van der Waals surface area contributed by atoms with Gasteiger partial charge in [-0.1, -0.05) is 39.3 Å². The van der Waals surface area contributed by atoms with Crippen LogP contribution in [0.3, 0.4) is 0 Å². The molecule has 0 saturated carbocycles. The van der Waals surface area contributed by atoms with Crippen molar-refractivity contribution < 1.29 is 14.3 Å². The molecular formula is C17H24N2O3. The van der Waals surface area contributed by atoms with Crippen molar-refractivity contribution >= 4 is 11.9 Å². The van der Waals surface area contributed by atoms with E-state index >= 15 is 0 Å². The van der Waals surface area contributed by atoms with E-state index in [-0.39, 0.29) is 5.91 Å². The molecule has 1 fully saturated rings. The number of rotatable bonds is 6. The van der Waals surface area contributed by atoms with Crippen LogP contribution in [-0.4, -0.2) is 24.6 Å². The number of hydrogen-bond donors (Lipinski definition) is 2. The zero-order chi connectivity index (χ0) is 16.4. The zero-order valence-electron chi connectivity index (χ0n) is 13.7. The molecule has 1 heterocycles. The van der Waals surface area contributed by atoms with E-state index in [1.165, 1.54) is 0 Å². The minimum absolute atomic E-state index is 0.224. The Labute approximate surface area is 131 Å². The van der Waals surface area contributed by atoms with Crippen LogP contribution >= 0.6 is 0 Å². The molecule has 5 nitrogen and oxygen atoms in total. The molecule has 120 valence electrons. The Kier molecular flexibility index (Phi) is 4.44. The van der Waals surface area contributed by atoms with Crippen LogP contribution in [0.5, 0.6) is 5.75 Å².